The maximum atomic E-state index is 13.9. The highest BCUT2D eigenvalue weighted by molar-refractivity contribution is 6.39. The third-order valence-corrected chi connectivity index (χ3v) is 6.83. The van der Waals surface area contributed by atoms with Crippen molar-refractivity contribution >= 4 is 40.7 Å². The Hall–Kier alpha value is -3.19. The van der Waals surface area contributed by atoms with Gasteiger partial charge in [0.25, 0.3) is 5.91 Å². The SMILES string of the molecule is O=C(N[C@@H](Cc1ccc(C2=CCN(Cc3ccccc3F)CC2)cc1)C(=O)O)c1c(Cl)cccc1Cl. The molecule has 36 heavy (non-hydrogen) atoms. The van der Waals surface area contributed by atoms with Crippen LogP contribution in [0.15, 0.2) is 72.8 Å². The second-order valence-electron chi connectivity index (χ2n) is 8.67. The van der Waals surface area contributed by atoms with E-state index in [9.17, 15) is 19.1 Å². The molecule has 0 bridgehead atoms. The number of rotatable bonds is 8. The van der Waals surface area contributed by atoms with Gasteiger partial charge in [-0.15, -0.1) is 0 Å². The largest absolute Gasteiger partial charge is 0.480 e. The highest BCUT2D eigenvalue weighted by Gasteiger charge is 2.24. The molecule has 0 aromatic heterocycles. The fraction of sp³-hybridized carbons (Fsp3) is 0.214. The fourth-order valence-corrected chi connectivity index (χ4v) is 4.79. The minimum Gasteiger partial charge on any atom is -0.480 e. The van der Waals surface area contributed by atoms with Crippen molar-refractivity contribution in [1.82, 2.24) is 10.2 Å². The number of benzene rings is 3. The van der Waals surface area contributed by atoms with E-state index in [1.807, 2.05) is 36.4 Å². The monoisotopic (exact) mass is 526 g/mol. The summed E-state index contributed by atoms with van der Waals surface area (Å²) in [6.07, 6.45) is 3.09. The molecule has 1 aliphatic rings. The zero-order valence-corrected chi connectivity index (χ0v) is 20.9. The van der Waals surface area contributed by atoms with E-state index < -0.39 is 17.9 Å². The first-order valence-electron chi connectivity index (χ1n) is 11.5. The van der Waals surface area contributed by atoms with E-state index in [1.54, 1.807) is 12.1 Å². The lowest BCUT2D eigenvalue weighted by Crippen LogP contribution is -2.42. The summed E-state index contributed by atoms with van der Waals surface area (Å²) >= 11 is 12.2. The molecule has 2 N–H and O–H groups in total. The summed E-state index contributed by atoms with van der Waals surface area (Å²) in [5.74, 6) is -1.98. The highest BCUT2D eigenvalue weighted by atomic mass is 35.5. The van der Waals surface area contributed by atoms with Crippen LogP contribution in [0.4, 0.5) is 4.39 Å². The van der Waals surface area contributed by atoms with E-state index in [1.165, 1.54) is 23.8 Å². The number of carboxylic acid groups (broad SMARTS) is 1. The molecule has 3 aromatic carbocycles. The Bertz CT molecular complexity index is 1270. The molecule has 0 fully saturated rings. The Balaban J connectivity index is 1.38. The molecule has 186 valence electrons. The summed E-state index contributed by atoms with van der Waals surface area (Å²) in [7, 11) is 0. The van der Waals surface area contributed by atoms with Gasteiger partial charge in [0.2, 0.25) is 0 Å². The van der Waals surface area contributed by atoms with Crippen LogP contribution in [-0.4, -0.2) is 41.0 Å². The number of amides is 1. The number of halogens is 3. The van der Waals surface area contributed by atoms with Crippen LogP contribution in [0.5, 0.6) is 0 Å². The number of nitrogens with one attached hydrogen (secondary N) is 1. The normalized spacial score (nSPS) is 14.7. The van der Waals surface area contributed by atoms with Gasteiger partial charge < -0.3 is 10.4 Å². The lowest BCUT2D eigenvalue weighted by molar-refractivity contribution is -0.139. The Morgan fingerprint density at radius 3 is 2.31 bits per heavy atom. The summed E-state index contributed by atoms with van der Waals surface area (Å²) in [6, 6.07) is 18.0. The first kappa shape index (κ1) is 25.9. The Kier molecular flexibility index (Phi) is 8.41. The van der Waals surface area contributed by atoms with Gasteiger partial charge in [-0.2, -0.15) is 0 Å². The molecule has 0 saturated carbocycles. The van der Waals surface area contributed by atoms with Crippen LogP contribution in [0.3, 0.4) is 0 Å². The minimum atomic E-state index is -1.15. The zero-order chi connectivity index (χ0) is 25.7. The summed E-state index contributed by atoms with van der Waals surface area (Å²) in [4.78, 5) is 26.7. The molecule has 1 aliphatic heterocycles. The quantitative estimate of drug-likeness (QED) is 0.386. The minimum absolute atomic E-state index is 0.0516. The van der Waals surface area contributed by atoms with Crippen molar-refractivity contribution in [1.29, 1.82) is 0 Å². The van der Waals surface area contributed by atoms with Crippen LogP contribution < -0.4 is 5.32 Å². The fourth-order valence-electron chi connectivity index (χ4n) is 4.22. The smallest absolute Gasteiger partial charge is 0.326 e. The van der Waals surface area contributed by atoms with Gasteiger partial charge in [0.1, 0.15) is 11.9 Å². The number of hydrogen-bond donors (Lipinski definition) is 2. The molecule has 0 saturated heterocycles. The van der Waals surface area contributed by atoms with Crippen molar-refractivity contribution in [3.63, 3.8) is 0 Å². The second kappa shape index (κ2) is 11.7. The average Bonchev–Trinajstić information content (AvgIpc) is 2.86. The molecule has 5 nitrogen and oxygen atoms in total. The molecule has 8 heteroatoms. The number of aliphatic carboxylic acids is 1. The molecular formula is C28H25Cl2FN2O3. The number of hydrogen-bond acceptors (Lipinski definition) is 3. The van der Waals surface area contributed by atoms with Crippen LogP contribution in [0.1, 0.15) is 33.5 Å². The Labute approximate surface area is 219 Å². The van der Waals surface area contributed by atoms with Gasteiger partial charge in [-0.3, -0.25) is 9.69 Å². The number of nitrogens with zero attached hydrogens (tertiary/aromatic N) is 1. The summed E-state index contributed by atoms with van der Waals surface area (Å²) in [6.45, 7) is 2.11. The third kappa shape index (κ3) is 6.32. The summed E-state index contributed by atoms with van der Waals surface area (Å²) < 4.78 is 13.9. The van der Waals surface area contributed by atoms with Crippen LogP contribution in [-0.2, 0) is 17.8 Å². The number of carbonyl (C=O) groups excluding carboxylic acids is 1. The molecule has 0 radical (unpaired) electrons. The molecule has 3 aromatic rings. The lowest BCUT2D eigenvalue weighted by atomic mass is 9.96. The third-order valence-electron chi connectivity index (χ3n) is 6.20. The second-order valence-corrected chi connectivity index (χ2v) is 9.48. The van der Waals surface area contributed by atoms with E-state index in [4.69, 9.17) is 23.2 Å². The first-order chi connectivity index (χ1) is 17.3. The summed E-state index contributed by atoms with van der Waals surface area (Å²) in [5.41, 5.74) is 3.77. The van der Waals surface area contributed by atoms with Crippen LogP contribution in [0.2, 0.25) is 10.0 Å². The van der Waals surface area contributed by atoms with Gasteiger partial charge in [0, 0.05) is 31.6 Å². The van der Waals surface area contributed by atoms with Crippen LogP contribution >= 0.6 is 23.2 Å². The van der Waals surface area contributed by atoms with Crippen molar-refractivity contribution in [3.8, 4) is 0 Å². The molecule has 1 amide bonds. The standard InChI is InChI=1S/C28H25Cl2FN2O3/c29-22-5-3-6-23(30)26(22)27(34)32-25(28(35)36)16-18-8-10-19(11-9-18)20-12-14-33(15-13-20)17-21-4-1-2-7-24(21)31/h1-12,25H,13-17H2,(H,32,34)(H,35,36)/t25-/m0/s1. The highest BCUT2D eigenvalue weighted by Crippen LogP contribution is 2.26. The molecule has 0 unspecified atom stereocenters. The topological polar surface area (TPSA) is 69.6 Å². The van der Waals surface area contributed by atoms with E-state index in [2.05, 4.69) is 16.3 Å². The van der Waals surface area contributed by atoms with E-state index in [0.717, 1.165) is 30.6 Å². The summed E-state index contributed by atoms with van der Waals surface area (Å²) in [5, 5.41) is 12.5. The Morgan fingerprint density at radius 1 is 1.00 bits per heavy atom. The van der Waals surface area contributed by atoms with E-state index >= 15 is 0 Å². The number of carboxylic acids is 1. The van der Waals surface area contributed by atoms with Crippen molar-refractivity contribution in [2.45, 2.75) is 25.4 Å². The van der Waals surface area contributed by atoms with Crippen molar-refractivity contribution in [3.05, 3.63) is 111 Å². The van der Waals surface area contributed by atoms with Crippen molar-refractivity contribution in [2.24, 2.45) is 0 Å². The van der Waals surface area contributed by atoms with Gasteiger partial charge in [0.05, 0.1) is 15.6 Å². The van der Waals surface area contributed by atoms with Gasteiger partial charge in [-0.1, -0.05) is 77.8 Å². The molecule has 0 spiro atoms. The molecule has 1 atom stereocenters. The van der Waals surface area contributed by atoms with Crippen molar-refractivity contribution < 1.29 is 19.1 Å². The van der Waals surface area contributed by atoms with E-state index in [0.29, 0.717) is 12.1 Å². The van der Waals surface area contributed by atoms with Gasteiger partial charge >= 0.3 is 5.97 Å². The maximum Gasteiger partial charge on any atom is 0.326 e. The molecule has 1 heterocycles. The maximum absolute atomic E-state index is 13.9. The van der Waals surface area contributed by atoms with Gasteiger partial charge in [-0.25, -0.2) is 9.18 Å². The average molecular weight is 527 g/mol. The first-order valence-corrected chi connectivity index (χ1v) is 12.3. The van der Waals surface area contributed by atoms with Crippen LogP contribution in [0.25, 0.3) is 5.57 Å². The predicted octanol–water partition coefficient (Wildman–Crippen LogP) is 5.85. The van der Waals surface area contributed by atoms with Crippen LogP contribution in [0, 0.1) is 5.82 Å². The van der Waals surface area contributed by atoms with Gasteiger partial charge in [-0.05, 0) is 41.3 Å². The van der Waals surface area contributed by atoms with Gasteiger partial charge in [0.15, 0.2) is 0 Å². The molecular weight excluding hydrogens is 502 g/mol. The predicted molar refractivity (Wildman–Crippen MR) is 140 cm³/mol. The Morgan fingerprint density at radius 2 is 1.69 bits per heavy atom. The van der Waals surface area contributed by atoms with Crippen molar-refractivity contribution in [2.75, 3.05) is 13.1 Å². The lowest BCUT2D eigenvalue weighted by Gasteiger charge is -2.26. The van der Waals surface area contributed by atoms with E-state index in [-0.39, 0.29) is 27.8 Å². The molecule has 0 aliphatic carbocycles. The zero-order valence-electron chi connectivity index (χ0n) is 19.4. The molecule has 4 rings (SSSR count). The number of carbonyl (C=O) groups is 2.